The Morgan fingerprint density at radius 1 is 1.37 bits per heavy atom. The molecule has 0 aliphatic rings. The summed E-state index contributed by atoms with van der Waals surface area (Å²) in [5.74, 6) is 0.856. The van der Waals surface area contributed by atoms with Crippen molar-refractivity contribution < 1.29 is 4.74 Å². The average Bonchev–Trinajstić information content (AvgIpc) is 2.45. The fourth-order valence-corrected chi connectivity index (χ4v) is 1.79. The number of benzene rings is 1. The van der Waals surface area contributed by atoms with Gasteiger partial charge in [-0.3, -0.25) is 5.32 Å². The lowest BCUT2D eigenvalue weighted by atomic mass is 10.2. The van der Waals surface area contributed by atoms with Gasteiger partial charge in [0.2, 0.25) is 0 Å². The van der Waals surface area contributed by atoms with Gasteiger partial charge in [0.1, 0.15) is 5.75 Å². The number of amidine groups is 1. The summed E-state index contributed by atoms with van der Waals surface area (Å²) in [5, 5.41) is 11.7. The molecule has 0 saturated carbocycles. The van der Waals surface area contributed by atoms with Crippen LogP contribution in [0.2, 0.25) is 0 Å². The average molecular weight is 277 g/mol. The van der Waals surface area contributed by atoms with Crippen LogP contribution in [-0.2, 0) is 0 Å². The summed E-state index contributed by atoms with van der Waals surface area (Å²) in [4.78, 5) is 4.31. The molecule has 0 aromatic heterocycles. The van der Waals surface area contributed by atoms with E-state index in [0.717, 1.165) is 24.5 Å². The van der Waals surface area contributed by atoms with E-state index in [1.54, 1.807) is 0 Å². The van der Waals surface area contributed by atoms with Gasteiger partial charge in [-0.2, -0.15) is 5.26 Å². The summed E-state index contributed by atoms with van der Waals surface area (Å²) in [7, 11) is 0. The molecule has 0 bridgehead atoms. The Morgan fingerprint density at radius 3 is 2.68 bits per heavy atom. The molecule has 0 radical (unpaired) electrons. The Kier molecular flexibility index (Phi) is 7.52. The highest BCUT2D eigenvalue weighted by atomic mass is 32.2. The molecular weight excluding hydrogens is 258 g/mol. The van der Waals surface area contributed by atoms with Crippen molar-refractivity contribution in [2.45, 2.75) is 26.2 Å². The fraction of sp³-hybridized carbons (Fsp3) is 0.429. The molecule has 1 rings (SSSR count). The highest BCUT2D eigenvalue weighted by Gasteiger charge is 1.98. The zero-order valence-corrected chi connectivity index (χ0v) is 12.2. The first kappa shape index (κ1) is 15.4. The molecule has 4 nitrogen and oxygen atoms in total. The SMILES string of the molecule is CCCCCOc1ccc(N=C(NC#N)SC)cc1. The quantitative estimate of drug-likeness (QED) is 0.283. The van der Waals surface area contributed by atoms with Gasteiger partial charge in [0, 0.05) is 0 Å². The highest BCUT2D eigenvalue weighted by Crippen LogP contribution is 2.19. The van der Waals surface area contributed by atoms with Gasteiger partial charge in [-0.15, -0.1) is 0 Å². The second-order valence-corrected chi connectivity index (χ2v) is 4.70. The molecule has 0 aliphatic carbocycles. The van der Waals surface area contributed by atoms with Gasteiger partial charge in [0.05, 0.1) is 12.3 Å². The third kappa shape index (κ3) is 6.16. The fourth-order valence-electron chi connectivity index (χ4n) is 1.45. The van der Waals surface area contributed by atoms with E-state index in [9.17, 15) is 0 Å². The molecule has 102 valence electrons. The minimum atomic E-state index is 0.583. The third-order valence-corrected chi connectivity index (χ3v) is 3.02. The summed E-state index contributed by atoms with van der Waals surface area (Å²) >= 11 is 1.40. The molecule has 1 N–H and O–H groups in total. The Labute approximate surface area is 118 Å². The van der Waals surface area contributed by atoms with Crippen molar-refractivity contribution in [2.24, 2.45) is 4.99 Å². The number of nitriles is 1. The van der Waals surface area contributed by atoms with Crippen LogP contribution in [0.4, 0.5) is 5.69 Å². The van der Waals surface area contributed by atoms with Crippen molar-refractivity contribution in [1.29, 1.82) is 5.26 Å². The van der Waals surface area contributed by atoms with E-state index in [0.29, 0.717) is 5.17 Å². The molecular formula is C14H19N3OS. The first-order valence-electron chi connectivity index (χ1n) is 6.30. The number of ether oxygens (including phenoxy) is 1. The number of rotatable bonds is 6. The second kappa shape index (κ2) is 9.29. The Balaban J connectivity index is 2.54. The number of nitrogens with zero attached hydrogens (tertiary/aromatic N) is 2. The van der Waals surface area contributed by atoms with Crippen LogP contribution in [0.15, 0.2) is 29.3 Å². The second-order valence-electron chi connectivity index (χ2n) is 3.91. The standard InChI is InChI=1S/C14H19N3OS/c1-3-4-5-10-18-13-8-6-12(7-9-13)17-14(19-2)16-11-15/h6-9H,3-5,10H2,1-2H3,(H,16,17). The van der Waals surface area contributed by atoms with Crippen LogP contribution in [0.25, 0.3) is 0 Å². The maximum atomic E-state index is 8.56. The van der Waals surface area contributed by atoms with Crippen molar-refractivity contribution in [3.63, 3.8) is 0 Å². The molecule has 1 aromatic carbocycles. The summed E-state index contributed by atoms with van der Waals surface area (Å²) in [6.07, 6.45) is 7.20. The van der Waals surface area contributed by atoms with Crippen LogP contribution < -0.4 is 10.1 Å². The predicted octanol–water partition coefficient (Wildman–Crippen LogP) is 3.68. The van der Waals surface area contributed by atoms with Crippen molar-refractivity contribution >= 4 is 22.6 Å². The lowest BCUT2D eigenvalue weighted by Gasteiger charge is -2.06. The monoisotopic (exact) mass is 277 g/mol. The van der Waals surface area contributed by atoms with E-state index in [1.807, 2.05) is 36.7 Å². The van der Waals surface area contributed by atoms with E-state index in [4.69, 9.17) is 10.00 Å². The highest BCUT2D eigenvalue weighted by molar-refractivity contribution is 8.13. The van der Waals surface area contributed by atoms with Gasteiger partial charge in [0.15, 0.2) is 11.4 Å². The van der Waals surface area contributed by atoms with Gasteiger partial charge < -0.3 is 4.74 Å². The number of unbranched alkanes of at least 4 members (excludes halogenated alkanes) is 2. The lowest BCUT2D eigenvalue weighted by Crippen LogP contribution is -2.12. The normalized spacial score (nSPS) is 10.9. The van der Waals surface area contributed by atoms with Gasteiger partial charge in [-0.05, 0) is 36.9 Å². The number of thioether (sulfide) groups is 1. The van der Waals surface area contributed by atoms with Crippen LogP contribution in [-0.4, -0.2) is 18.0 Å². The first-order chi connectivity index (χ1) is 9.30. The van der Waals surface area contributed by atoms with Gasteiger partial charge >= 0.3 is 0 Å². The van der Waals surface area contributed by atoms with Crippen molar-refractivity contribution in [3.8, 4) is 11.9 Å². The van der Waals surface area contributed by atoms with Crippen molar-refractivity contribution in [3.05, 3.63) is 24.3 Å². The maximum Gasteiger partial charge on any atom is 0.183 e. The molecule has 0 aliphatic heterocycles. The number of hydrogen-bond acceptors (Lipinski definition) is 4. The number of nitrogens with one attached hydrogen (secondary N) is 1. The molecule has 0 unspecified atom stereocenters. The molecule has 19 heavy (non-hydrogen) atoms. The molecule has 0 fully saturated rings. The summed E-state index contributed by atoms with van der Waals surface area (Å²) < 4.78 is 5.62. The van der Waals surface area contributed by atoms with Crippen LogP contribution in [0, 0.1) is 11.5 Å². The molecule has 0 atom stereocenters. The van der Waals surface area contributed by atoms with E-state index in [-0.39, 0.29) is 0 Å². The van der Waals surface area contributed by atoms with Crippen LogP contribution in [0.5, 0.6) is 5.75 Å². The minimum absolute atomic E-state index is 0.583. The van der Waals surface area contributed by atoms with Crippen molar-refractivity contribution in [2.75, 3.05) is 12.9 Å². The maximum absolute atomic E-state index is 8.56. The Hall–Kier alpha value is -1.67. The zero-order chi connectivity index (χ0) is 13.9. The summed E-state index contributed by atoms with van der Waals surface area (Å²) in [6, 6.07) is 7.55. The van der Waals surface area contributed by atoms with Crippen LogP contribution >= 0.6 is 11.8 Å². The molecule has 1 aromatic rings. The first-order valence-corrected chi connectivity index (χ1v) is 7.53. The Morgan fingerprint density at radius 2 is 2.11 bits per heavy atom. The lowest BCUT2D eigenvalue weighted by molar-refractivity contribution is 0.306. The van der Waals surface area contributed by atoms with Gasteiger partial charge in [-0.1, -0.05) is 31.5 Å². The predicted molar refractivity (Wildman–Crippen MR) is 80.8 cm³/mol. The molecule has 0 saturated heterocycles. The van der Waals surface area contributed by atoms with Crippen LogP contribution in [0.3, 0.4) is 0 Å². The summed E-state index contributed by atoms with van der Waals surface area (Å²) in [6.45, 7) is 2.92. The minimum Gasteiger partial charge on any atom is -0.494 e. The van der Waals surface area contributed by atoms with E-state index >= 15 is 0 Å². The molecule has 0 spiro atoms. The van der Waals surface area contributed by atoms with Crippen molar-refractivity contribution in [1.82, 2.24) is 5.32 Å². The molecule has 0 heterocycles. The molecule has 5 heteroatoms. The van der Waals surface area contributed by atoms with E-state index < -0.39 is 0 Å². The van der Waals surface area contributed by atoms with E-state index in [2.05, 4.69) is 17.2 Å². The number of hydrogen-bond donors (Lipinski definition) is 1. The van der Waals surface area contributed by atoms with Gasteiger partial charge in [0.25, 0.3) is 0 Å². The third-order valence-electron chi connectivity index (χ3n) is 2.44. The largest absolute Gasteiger partial charge is 0.494 e. The Bertz CT molecular complexity index is 437. The summed E-state index contributed by atoms with van der Waals surface area (Å²) in [5.41, 5.74) is 0.799. The zero-order valence-electron chi connectivity index (χ0n) is 11.3. The van der Waals surface area contributed by atoms with Gasteiger partial charge in [-0.25, -0.2) is 4.99 Å². The topological polar surface area (TPSA) is 57.4 Å². The number of aliphatic imine (C=N–C) groups is 1. The molecule has 0 amide bonds. The van der Waals surface area contributed by atoms with Crippen LogP contribution in [0.1, 0.15) is 26.2 Å². The van der Waals surface area contributed by atoms with E-state index in [1.165, 1.54) is 24.6 Å². The smallest absolute Gasteiger partial charge is 0.183 e.